The van der Waals surface area contributed by atoms with Crippen LogP contribution in [-0.4, -0.2) is 26.6 Å². The average molecular weight is 609 g/mol. The number of fused-ring (bicyclic) bond motifs is 2. The lowest BCUT2D eigenvalue weighted by atomic mass is 10.2. The third kappa shape index (κ3) is 7.07. The summed E-state index contributed by atoms with van der Waals surface area (Å²) in [5.41, 5.74) is 9.97. The topological polar surface area (TPSA) is 149 Å². The molecular weight excluding hydrogens is 587 g/mol. The predicted molar refractivity (Wildman–Crippen MR) is 169 cm³/mol. The van der Waals surface area contributed by atoms with Gasteiger partial charge in [-0.05, 0) is 72.8 Å². The van der Waals surface area contributed by atoms with Gasteiger partial charge in [-0.25, -0.2) is 19.9 Å². The van der Waals surface area contributed by atoms with Crippen molar-refractivity contribution in [3.63, 3.8) is 0 Å². The quantitative estimate of drug-likeness (QED) is 0.0526. The van der Waals surface area contributed by atoms with Crippen molar-refractivity contribution in [1.29, 1.82) is 0 Å². The van der Waals surface area contributed by atoms with Gasteiger partial charge in [0.15, 0.2) is 0 Å². The molecule has 4 aromatic carbocycles. The van der Waals surface area contributed by atoms with Gasteiger partial charge in [0.25, 0.3) is 0 Å². The van der Waals surface area contributed by atoms with E-state index in [0.29, 0.717) is 33.1 Å². The zero-order valence-electron chi connectivity index (χ0n) is 22.3. The lowest BCUT2D eigenvalue weighted by Crippen LogP contribution is -2.19. The molecule has 212 valence electrons. The van der Waals surface area contributed by atoms with E-state index < -0.39 is 0 Å². The lowest BCUT2D eigenvalue weighted by Gasteiger charge is -2.09. The summed E-state index contributed by atoms with van der Waals surface area (Å²) >= 11 is 12.2. The summed E-state index contributed by atoms with van der Waals surface area (Å²) in [6, 6.07) is 25.8. The van der Waals surface area contributed by atoms with Crippen LogP contribution in [0.2, 0.25) is 10.0 Å². The number of hydrogen-bond donors (Lipinski definition) is 4. The van der Waals surface area contributed by atoms with E-state index in [4.69, 9.17) is 23.2 Å². The highest BCUT2D eigenvalue weighted by atomic mass is 35.5. The Morgan fingerprint density at radius 3 is 1.51 bits per heavy atom. The second-order valence-electron chi connectivity index (χ2n) is 9.01. The molecule has 0 aliphatic carbocycles. The van der Waals surface area contributed by atoms with E-state index in [-0.39, 0.29) is 6.67 Å². The number of halogens is 2. The van der Waals surface area contributed by atoms with Crippen LogP contribution < -0.4 is 21.5 Å². The van der Waals surface area contributed by atoms with E-state index in [1.165, 1.54) is 12.7 Å². The van der Waals surface area contributed by atoms with Crippen molar-refractivity contribution in [2.45, 2.75) is 0 Å². The number of rotatable bonds is 10. The van der Waals surface area contributed by atoms with Crippen LogP contribution in [0.25, 0.3) is 21.8 Å². The zero-order chi connectivity index (χ0) is 29.4. The maximum atomic E-state index is 6.11. The SMILES string of the molecule is Clc1cccc(Nc2ncnc3ccc(/N=N/NCN/N=N/c4ccc5ncnc(Nc6cccc(Cl)c6)c5c4)cc23)c1. The number of anilines is 4. The monoisotopic (exact) mass is 608 g/mol. The van der Waals surface area contributed by atoms with Crippen molar-refractivity contribution >= 4 is 79.4 Å². The van der Waals surface area contributed by atoms with Gasteiger partial charge in [-0.3, -0.25) is 10.9 Å². The molecule has 2 aromatic heterocycles. The molecule has 0 bridgehead atoms. The van der Waals surface area contributed by atoms with Crippen LogP contribution in [0.4, 0.5) is 34.4 Å². The molecule has 12 nitrogen and oxygen atoms in total. The molecule has 14 heteroatoms. The Labute approximate surface area is 255 Å². The molecule has 0 amide bonds. The fraction of sp³-hybridized carbons (Fsp3) is 0.0345. The maximum absolute atomic E-state index is 6.11. The largest absolute Gasteiger partial charge is 0.340 e. The summed E-state index contributed by atoms with van der Waals surface area (Å²) in [6.07, 6.45) is 3.00. The van der Waals surface area contributed by atoms with Gasteiger partial charge in [-0.1, -0.05) is 45.8 Å². The van der Waals surface area contributed by atoms with Crippen molar-refractivity contribution in [2.75, 3.05) is 17.3 Å². The molecule has 0 aliphatic heterocycles. The fourth-order valence-electron chi connectivity index (χ4n) is 4.11. The molecule has 0 fully saturated rings. The van der Waals surface area contributed by atoms with Crippen LogP contribution in [0, 0.1) is 0 Å². The Kier molecular flexibility index (Phi) is 8.39. The summed E-state index contributed by atoms with van der Waals surface area (Å²) in [7, 11) is 0. The summed E-state index contributed by atoms with van der Waals surface area (Å²) < 4.78 is 0. The number of nitrogens with one attached hydrogen (secondary N) is 4. The highest BCUT2D eigenvalue weighted by Gasteiger charge is 2.07. The summed E-state index contributed by atoms with van der Waals surface area (Å²) in [5, 5.41) is 25.9. The standard InChI is InChI=1S/C29H22Cl2N12/c30-18-3-1-5-20(11-18)38-28-24-13-22(7-9-26(24)32-15-34-28)40-42-36-17-37-43-41-23-8-10-27-25(14-23)29(35-16-33-27)39-21-6-2-4-19(31)12-21/h1-16H,17H2,(H,36,40)(H,37,41)(H,32,34,38)(H,33,35,39). The van der Waals surface area contributed by atoms with Crippen LogP contribution in [0.1, 0.15) is 0 Å². The fourth-order valence-corrected chi connectivity index (χ4v) is 4.49. The van der Waals surface area contributed by atoms with E-state index >= 15 is 0 Å². The third-order valence-corrected chi connectivity index (χ3v) is 6.51. The minimum absolute atomic E-state index is 0.198. The van der Waals surface area contributed by atoms with E-state index in [9.17, 15) is 0 Å². The van der Waals surface area contributed by atoms with Crippen LogP contribution in [0.5, 0.6) is 0 Å². The normalized spacial score (nSPS) is 11.4. The molecule has 6 rings (SSSR count). The molecule has 0 spiro atoms. The first-order valence-corrected chi connectivity index (χ1v) is 13.7. The first-order valence-electron chi connectivity index (χ1n) is 12.9. The molecule has 0 saturated heterocycles. The average Bonchev–Trinajstić information content (AvgIpc) is 3.01. The zero-order valence-corrected chi connectivity index (χ0v) is 23.8. The molecule has 2 heterocycles. The van der Waals surface area contributed by atoms with Gasteiger partial charge < -0.3 is 10.6 Å². The highest BCUT2D eigenvalue weighted by molar-refractivity contribution is 6.31. The number of benzene rings is 4. The Hall–Kier alpha value is -5.46. The molecule has 0 saturated carbocycles. The number of aromatic nitrogens is 4. The van der Waals surface area contributed by atoms with Crippen LogP contribution >= 0.6 is 23.2 Å². The molecule has 4 N–H and O–H groups in total. The molecule has 43 heavy (non-hydrogen) atoms. The van der Waals surface area contributed by atoms with Crippen molar-refractivity contribution in [2.24, 2.45) is 20.7 Å². The summed E-state index contributed by atoms with van der Waals surface area (Å²) in [6.45, 7) is 0.198. The van der Waals surface area contributed by atoms with Crippen LogP contribution in [0.3, 0.4) is 0 Å². The molecule has 0 radical (unpaired) electrons. The van der Waals surface area contributed by atoms with Gasteiger partial charge >= 0.3 is 0 Å². The predicted octanol–water partition coefficient (Wildman–Crippen LogP) is 8.20. The van der Waals surface area contributed by atoms with E-state index in [2.05, 4.69) is 62.1 Å². The Morgan fingerprint density at radius 2 is 1.05 bits per heavy atom. The van der Waals surface area contributed by atoms with E-state index in [0.717, 1.165) is 33.2 Å². The lowest BCUT2D eigenvalue weighted by molar-refractivity contribution is 0.588. The smallest absolute Gasteiger partial charge is 0.141 e. The van der Waals surface area contributed by atoms with Crippen LogP contribution in [0.15, 0.2) is 118 Å². The first kappa shape index (κ1) is 27.7. The van der Waals surface area contributed by atoms with Gasteiger partial charge in [-0.15, -0.1) is 10.2 Å². The van der Waals surface area contributed by atoms with Crippen LogP contribution in [-0.2, 0) is 0 Å². The first-order chi connectivity index (χ1) is 21.1. The van der Waals surface area contributed by atoms with Gasteiger partial charge in [0.05, 0.1) is 22.4 Å². The molecular formula is C29H22Cl2N12. The van der Waals surface area contributed by atoms with Gasteiger partial charge in [-0.2, -0.15) is 0 Å². The van der Waals surface area contributed by atoms with Gasteiger partial charge in [0, 0.05) is 32.2 Å². The minimum Gasteiger partial charge on any atom is -0.340 e. The van der Waals surface area contributed by atoms with E-state index in [1.807, 2.05) is 84.9 Å². The number of nitrogens with zero attached hydrogens (tertiary/aromatic N) is 8. The molecule has 6 aromatic rings. The molecule has 0 atom stereocenters. The second kappa shape index (κ2) is 13.0. The van der Waals surface area contributed by atoms with Crippen molar-refractivity contribution < 1.29 is 0 Å². The third-order valence-electron chi connectivity index (χ3n) is 6.04. The van der Waals surface area contributed by atoms with Gasteiger partial charge in [0.2, 0.25) is 0 Å². The Balaban J connectivity index is 1.06. The summed E-state index contributed by atoms with van der Waals surface area (Å²) in [5.74, 6) is 1.26. The summed E-state index contributed by atoms with van der Waals surface area (Å²) in [4.78, 5) is 17.4. The Morgan fingerprint density at radius 1 is 0.558 bits per heavy atom. The van der Waals surface area contributed by atoms with Crippen molar-refractivity contribution in [3.05, 3.63) is 108 Å². The highest BCUT2D eigenvalue weighted by Crippen LogP contribution is 2.29. The Bertz CT molecular complexity index is 1820. The number of hydrogen-bond acceptors (Lipinski definition) is 10. The molecule has 0 unspecified atom stereocenters. The minimum atomic E-state index is 0.198. The molecule has 0 aliphatic rings. The second-order valence-corrected chi connectivity index (χ2v) is 9.88. The van der Waals surface area contributed by atoms with Crippen molar-refractivity contribution in [3.8, 4) is 0 Å². The maximum Gasteiger partial charge on any atom is 0.141 e. The van der Waals surface area contributed by atoms with Crippen molar-refractivity contribution in [1.82, 2.24) is 30.8 Å². The van der Waals surface area contributed by atoms with E-state index in [1.54, 1.807) is 0 Å². The van der Waals surface area contributed by atoms with Gasteiger partial charge in [0.1, 0.15) is 31.0 Å².